The van der Waals surface area contributed by atoms with Gasteiger partial charge in [-0.25, -0.2) is 13.2 Å². The number of hydrogen-bond acceptors (Lipinski definition) is 4. The van der Waals surface area contributed by atoms with E-state index in [1.807, 2.05) is 0 Å². The maximum Gasteiger partial charge on any atom is 0.336 e. The molecule has 0 aromatic heterocycles. The average molecular weight is 301 g/mol. The molecule has 0 fully saturated rings. The fourth-order valence-corrected chi connectivity index (χ4v) is 2.60. The highest BCUT2D eigenvalue weighted by Gasteiger charge is 2.15. The molecule has 0 aliphatic rings. The summed E-state index contributed by atoms with van der Waals surface area (Å²) >= 11 is 0. The van der Waals surface area contributed by atoms with Crippen LogP contribution in [0.15, 0.2) is 12.1 Å². The minimum absolute atomic E-state index is 0.0903. The van der Waals surface area contributed by atoms with Crippen molar-refractivity contribution in [3.8, 4) is 0 Å². The lowest BCUT2D eigenvalue weighted by Gasteiger charge is -2.12. The number of rotatable bonds is 7. The van der Waals surface area contributed by atoms with Crippen LogP contribution >= 0.6 is 0 Å². The molecule has 0 heterocycles. The molecule has 0 aliphatic heterocycles. The van der Waals surface area contributed by atoms with E-state index < -0.39 is 16.0 Å². The van der Waals surface area contributed by atoms with Crippen LogP contribution in [0.5, 0.6) is 0 Å². The normalized spacial score (nSPS) is 11.3. The van der Waals surface area contributed by atoms with Crippen molar-refractivity contribution in [3.05, 3.63) is 28.8 Å². The SMILES string of the molecule is CCOCCS(=O)(=O)Nc1cc(C)c(C)c(C(=O)O)c1. The number of hydrogen-bond donors (Lipinski definition) is 2. The second-order valence-corrected chi connectivity index (χ2v) is 6.23. The molecule has 0 amide bonds. The third kappa shape index (κ3) is 4.50. The highest BCUT2D eigenvalue weighted by atomic mass is 32.2. The summed E-state index contributed by atoms with van der Waals surface area (Å²) in [6.07, 6.45) is 0. The number of aromatic carboxylic acids is 1. The first kappa shape index (κ1) is 16.5. The average Bonchev–Trinajstić information content (AvgIpc) is 2.32. The van der Waals surface area contributed by atoms with Gasteiger partial charge in [0.15, 0.2) is 0 Å². The lowest BCUT2D eigenvalue weighted by Crippen LogP contribution is -2.20. The monoisotopic (exact) mass is 301 g/mol. The standard InChI is InChI=1S/C13H19NO5S/c1-4-19-5-6-20(17,18)14-11-7-9(2)10(3)12(8-11)13(15)16/h7-8,14H,4-6H2,1-3H3,(H,15,16). The lowest BCUT2D eigenvalue weighted by atomic mass is 10.0. The number of aryl methyl sites for hydroxylation is 1. The van der Waals surface area contributed by atoms with Crippen molar-refractivity contribution in [2.45, 2.75) is 20.8 Å². The van der Waals surface area contributed by atoms with Gasteiger partial charge in [-0.15, -0.1) is 0 Å². The fourth-order valence-electron chi connectivity index (χ4n) is 1.68. The van der Waals surface area contributed by atoms with E-state index in [0.717, 1.165) is 0 Å². The van der Waals surface area contributed by atoms with Crippen molar-refractivity contribution in [2.24, 2.45) is 0 Å². The van der Waals surface area contributed by atoms with Gasteiger partial charge in [-0.1, -0.05) is 0 Å². The second-order valence-electron chi connectivity index (χ2n) is 4.39. The van der Waals surface area contributed by atoms with Crippen molar-refractivity contribution in [1.29, 1.82) is 0 Å². The van der Waals surface area contributed by atoms with Crippen LogP contribution in [0.2, 0.25) is 0 Å². The number of ether oxygens (including phenoxy) is 1. The lowest BCUT2D eigenvalue weighted by molar-refractivity contribution is 0.0696. The van der Waals surface area contributed by atoms with Gasteiger partial charge in [0.25, 0.3) is 0 Å². The van der Waals surface area contributed by atoms with Crippen LogP contribution in [0.4, 0.5) is 5.69 Å². The number of carbonyl (C=O) groups is 1. The molecule has 0 saturated heterocycles. The van der Waals surface area contributed by atoms with Gasteiger partial charge in [0.05, 0.1) is 17.9 Å². The summed E-state index contributed by atoms with van der Waals surface area (Å²) in [5.41, 5.74) is 1.68. The maximum atomic E-state index is 11.8. The van der Waals surface area contributed by atoms with Gasteiger partial charge in [-0.05, 0) is 44.0 Å². The first-order valence-electron chi connectivity index (χ1n) is 6.19. The van der Waals surface area contributed by atoms with Gasteiger partial charge in [0.1, 0.15) is 0 Å². The first-order chi connectivity index (χ1) is 9.26. The van der Waals surface area contributed by atoms with Gasteiger partial charge < -0.3 is 9.84 Å². The van der Waals surface area contributed by atoms with Gasteiger partial charge in [0.2, 0.25) is 10.0 Å². The minimum atomic E-state index is -3.55. The summed E-state index contributed by atoms with van der Waals surface area (Å²) in [6, 6.07) is 2.93. The summed E-state index contributed by atoms with van der Waals surface area (Å²) in [5, 5.41) is 9.09. The summed E-state index contributed by atoms with van der Waals surface area (Å²) in [5.74, 6) is -1.25. The smallest absolute Gasteiger partial charge is 0.336 e. The molecule has 1 aromatic rings. The number of sulfonamides is 1. The van der Waals surface area contributed by atoms with Crippen LogP contribution in [0.25, 0.3) is 0 Å². The highest BCUT2D eigenvalue weighted by Crippen LogP contribution is 2.21. The molecule has 7 heteroatoms. The summed E-state index contributed by atoms with van der Waals surface area (Å²) in [7, 11) is -3.55. The molecular weight excluding hydrogens is 282 g/mol. The molecule has 0 bridgehead atoms. The van der Waals surface area contributed by atoms with E-state index in [1.54, 1.807) is 26.8 Å². The van der Waals surface area contributed by atoms with Crippen molar-refractivity contribution in [3.63, 3.8) is 0 Å². The van der Waals surface area contributed by atoms with E-state index in [0.29, 0.717) is 17.7 Å². The predicted octanol–water partition coefficient (Wildman–Crippen LogP) is 1.78. The van der Waals surface area contributed by atoms with Crippen LogP contribution < -0.4 is 4.72 Å². The number of carboxylic acid groups (broad SMARTS) is 1. The molecule has 0 unspecified atom stereocenters. The molecular formula is C13H19NO5S. The fraction of sp³-hybridized carbons (Fsp3) is 0.462. The Balaban J connectivity index is 2.95. The molecule has 1 aromatic carbocycles. The first-order valence-corrected chi connectivity index (χ1v) is 7.85. The quantitative estimate of drug-likeness (QED) is 0.749. The molecule has 112 valence electrons. The van der Waals surface area contributed by atoms with E-state index in [1.165, 1.54) is 6.07 Å². The Hall–Kier alpha value is -1.60. The van der Waals surface area contributed by atoms with Crippen LogP contribution in [0.3, 0.4) is 0 Å². The summed E-state index contributed by atoms with van der Waals surface area (Å²) < 4.78 is 31.0. The van der Waals surface area contributed by atoms with E-state index in [2.05, 4.69) is 4.72 Å². The Morgan fingerprint density at radius 2 is 2.00 bits per heavy atom. The molecule has 1 rings (SSSR count). The Bertz CT molecular complexity index is 595. The van der Waals surface area contributed by atoms with E-state index in [-0.39, 0.29) is 23.6 Å². The molecule has 0 atom stereocenters. The zero-order valence-electron chi connectivity index (χ0n) is 11.8. The van der Waals surface area contributed by atoms with Crippen LogP contribution in [-0.4, -0.2) is 38.5 Å². The van der Waals surface area contributed by atoms with E-state index in [4.69, 9.17) is 9.84 Å². The Morgan fingerprint density at radius 1 is 1.35 bits per heavy atom. The van der Waals surface area contributed by atoms with Gasteiger partial charge in [0, 0.05) is 12.3 Å². The number of benzene rings is 1. The summed E-state index contributed by atoms with van der Waals surface area (Å²) in [4.78, 5) is 11.1. The van der Waals surface area contributed by atoms with E-state index in [9.17, 15) is 13.2 Å². The molecule has 0 spiro atoms. The largest absolute Gasteiger partial charge is 0.478 e. The maximum absolute atomic E-state index is 11.8. The van der Waals surface area contributed by atoms with Crippen LogP contribution in [-0.2, 0) is 14.8 Å². The van der Waals surface area contributed by atoms with Crippen LogP contribution in [0.1, 0.15) is 28.4 Å². The van der Waals surface area contributed by atoms with Crippen molar-refractivity contribution in [2.75, 3.05) is 23.7 Å². The van der Waals surface area contributed by atoms with Crippen LogP contribution in [0, 0.1) is 13.8 Å². The Labute approximate surface area is 118 Å². The molecule has 0 aliphatic carbocycles. The Kier molecular flexibility index (Phi) is 5.52. The molecule has 20 heavy (non-hydrogen) atoms. The van der Waals surface area contributed by atoms with Crippen molar-refractivity contribution < 1.29 is 23.1 Å². The zero-order chi connectivity index (χ0) is 15.3. The second kappa shape index (κ2) is 6.71. The molecule has 0 radical (unpaired) electrons. The minimum Gasteiger partial charge on any atom is -0.478 e. The molecule has 0 saturated carbocycles. The van der Waals surface area contributed by atoms with E-state index >= 15 is 0 Å². The van der Waals surface area contributed by atoms with Gasteiger partial charge in [-0.2, -0.15) is 0 Å². The molecule has 2 N–H and O–H groups in total. The summed E-state index contributed by atoms with van der Waals surface area (Å²) in [6.45, 7) is 5.75. The van der Waals surface area contributed by atoms with Gasteiger partial charge in [-0.3, -0.25) is 4.72 Å². The predicted molar refractivity (Wildman–Crippen MR) is 76.8 cm³/mol. The van der Waals surface area contributed by atoms with Crippen molar-refractivity contribution >= 4 is 21.7 Å². The van der Waals surface area contributed by atoms with Gasteiger partial charge >= 0.3 is 5.97 Å². The zero-order valence-corrected chi connectivity index (χ0v) is 12.6. The number of anilines is 1. The van der Waals surface area contributed by atoms with Crippen molar-refractivity contribution in [1.82, 2.24) is 0 Å². The number of carboxylic acids is 1. The Morgan fingerprint density at radius 3 is 2.55 bits per heavy atom. The number of nitrogens with one attached hydrogen (secondary N) is 1. The third-order valence-electron chi connectivity index (χ3n) is 2.87. The third-order valence-corrected chi connectivity index (χ3v) is 4.12. The molecule has 6 nitrogen and oxygen atoms in total. The topological polar surface area (TPSA) is 92.7 Å². The highest BCUT2D eigenvalue weighted by molar-refractivity contribution is 7.92.